The molecule has 0 N–H and O–H groups in total. The summed E-state index contributed by atoms with van der Waals surface area (Å²) in [6.45, 7) is 7.45. The minimum absolute atomic E-state index is 0.0647. The predicted molar refractivity (Wildman–Crippen MR) is 90.7 cm³/mol. The first-order valence-corrected chi connectivity index (χ1v) is 8.80. The van der Waals surface area contributed by atoms with Gasteiger partial charge >= 0.3 is 6.03 Å². The number of ketones is 1. The van der Waals surface area contributed by atoms with Crippen LogP contribution in [-0.4, -0.2) is 74.1 Å². The molecule has 0 saturated carbocycles. The van der Waals surface area contributed by atoms with Gasteiger partial charge in [-0.15, -0.1) is 0 Å². The average molecular weight is 344 g/mol. The minimum Gasteiger partial charge on any atom is -0.379 e. The maximum Gasteiger partial charge on any atom is 0.324 e. The first-order valence-electron chi connectivity index (χ1n) is 8.80. The number of methoxy groups -OCH3 is 1. The molecule has 0 aromatic rings. The van der Waals surface area contributed by atoms with Crippen LogP contribution in [0.1, 0.15) is 46.5 Å². The number of Topliss-reactive ketones (excluding diaryl/α,β-unsaturated/α-hetero) is 1. The fourth-order valence-electron chi connectivity index (χ4n) is 2.76. The largest absolute Gasteiger partial charge is 0.379 e. The Bertz CT molecular complexity index is 391. The van der Waals surface area contributed by atoms with E-state index < -0.39 is 6.04 Å². The van der Waals surface area contributed by atoms with E-state index in [9.17, 15) is 9.59 Å². The predicted octanol–water partition coefficient (Wildman–Crippen LogP) is 2.25. The number of nitrogens with zero attached hydrogens (tertiary/aromatic N) is 2. The van der Waals surface area contributed by atoms with Crippen LogP contribution < -0.4 is 0 Å². The molecule has 0 aliphatic carbocycles. The van der Waals surface area contributed by atoms with Crippen molar-refractivity contribution in [1.82, 2.24) is 9.80 Å². The second kappa shape index (κ2) is 11.4. The van der Waals surface area contributed by atoms with Gasteiger partial charge in [0, 0.05) is 20.3 Å². The minimum atomic E-state index is -0.559. The zero-order valence-electron chi connectivity index (χ0n) is 15.5. The molecule has 7 nitrogen and oxygen atoms in total. The zero-order chi connectivity index (χ0) is 17.9. The molecule has 2 atom stereocenters. The lowest BCUT2D eigenvalue weighted by molar-refractivity contribution is -0.123. The third kappa shape index (κ3) is 5.72. The maximum absolute atomic E-state index is 12.7. The van der Waals surface area contributed by atoms with E-state index in [0.29, 0.717) is 19.8 Å². The number of rotatable bonds is 13. The number of ether oxygens (including phenoxy) is 3. The summed E-state index contributed by atoms with van der Waals surface area (Å²) in [5, 5.41) is 0. The van der Waals surface area contributed by atoms with E-state index in [1.165, 1.54) is 18.9 Å². The van der Waals surface area contributed by atoms with E-state index in [1.54, 1.807) is 4.90 Å². The van der Waals surface area contributed by atoms with Gasteiger partial charge in [-0.2, -0.15) is 0 Å². The standard InChI is InChI=1S/C17H32N2O5/c1-5-7-9-23-11-15-16(14(3)20)19(13-24-10-8-6-2)17(21)18(15)12-22-4/h15-16H,5-13H2,1-4H3. The fourth-order valence-corrected chi connectivity index (χ4v) is 2.76. The van der Waals surface area contributed by atoms with Crippen LogP contribution in [0, 0.1) is 0 Å². The third-order valence-electron chi connectivity index (χ3n) is 4.08. The smallest absolute Gasteiger partial charge is 0.324 e. The van der Waals surface area contributed by atoms with Crippen LogP contribution in [-0.2, 0) is 19.0 Å². The lowest BCUT2D eigenvalue weighted by Crippen LogP contribution is -2.46. The van der Waals surface area contributed by atoms with Gasteiger partial charge < -0.3 is 14.2 Å². The molecular formula is C17H32N2O5. The molecule has 1 saturated heterocycles. The van der Waals surface area contributed by atoms with Gasteiger partial charge in [-0.05, 0) is 19.8 Å². The number of hydrogen-bond donors (Lipinski definition) is 0. The molecule has 0 radical (unpaired) electrons. The van der Waals surface area contributed by atoms with Crippen molar-refractivity contribution in [3.63, 3.8) is 0 Å². The van der Waals surface area contributed by atoms with Crippen LogP contribution in [0.5, 0.6) is 0 Å². The van der Waals surface area contributed by atoms with E-state index in [1.807, 2.05) is 0 Å². The Kier molecular flexibility index (Phi) is 9.90. The summed E-state index contributed by atoms with van der Waals surface area (Å²) in [5.41, 5.74) is 0. The van der Waals surface area contributed by atoms with E-state index in [0.717, 1.165) is 25.7 Å². The van der Waals surface area contributed by atoms with Gasteiger partial charge in [0.15, 0.2) is 5.78 Å². The number of carbonyl (C=O) groups is 2. The number of urea groups is 1. The Balaban J connectivity index is 2.78. The van der Waals surface area contributed by atoms with Crippen molar-refractivity contribution < 1.29 is 23.8 Å². The molecule has 1 rings (SSSR count). The summed E-state index contributed by atoms with van der Waals surface area (Å²) in [5.74, 6) is -0.0647. The molecule has 24 heavy (non-hydrogen) atoms. The number of unbranched alkanes of at least 4 members (excludes halogenated alkanes) is 2. The Labute approximate surface area is 145 Å². The van der Waals surface area contributed by atoms with Gasteiger partial charge in [0.25, 0.3) is 0 Å². The summed E-state index contributed by atoms with van der Waals surface area (Å²) in [4.78, 5) is 27.9. The summed E-state index contributed by atoms with van der Waals surface area (Å²) in [6.07, 6.45) is 3.95. The molecule has 0 aromatic heterocycles. The normalized spacial score (nSPS) is 20.9. The molecule has 0 spiro atoms. The maximum atomic E-state index is 12.7. The van der Waals surface area contributed by atoms with Crippen molar-refractivity contribution in [3.8, 4) is 0 Å². The van der Waals surface area contributed by atoms with Crippen LogP contribution in [0.4, 0.5) is 4.79 Å². The van der Waals surface area contributed by atoms with Crippen LogP contribution >= 0.6 is 0 Å². The highest BCUT2D eigenvalue weighted by Gasteiger charge is 2.48. The highest BCUT2D eigenvalue weighted by atomic mass is 16.5. The molecular weight excluding hydrogens is 312 g/mol. The van der Waals surface area contributed by atoms with Crippen molar-refractivity contribution in [1.29, 1.82) is 0 Å². The fraction of sp³-hybridized carbons (Fsp3) is 0.882. The number of carbonyl (C=O) groups excluding carboxylic acids is 2. The van der Waals surface area contributed by atoms with Gasteiger partial charge in [0.05, 0.1) is 12.6 Å². The van der Waals surface area contributed by atoms with Gasteiger partial charge in [-0.1, -0.05) is 26.7 Å². The van der Waals surface area contributed by atoms with Crippen LogP contribution in [0.2, 0.25) is 0 Å². The molecule has 1 fully saturated rings. The van der Waals surface area contributed by atoms with Crippen molar-refractivity contribution >= 4 is 11.8 Å². The Morgan fingerprint density at radius 2 is 1.67 bits per heavy atom. The summed E-state index contributed by atoms with van der Waals surface area (Å²) in [6, 6.07) is -1.14. The SMILES string of the molecule is CCCCOCC1C(C(C)=O)N(COCCCC)C(=O)N1COC. The molecule has 1 heterocycles. The van der Waals surface area contributed by atoms with Crippen LogP contribution in [0.25, 0.3) is 0 Å². The highest BCUT2D eigenvalue weighted by molar-refractivity contribution is 5.91. The van der Waals surface area contributed by atoms with Crippen molar-refractivity contribution in [3.05, 3.63) is 0 Å². The monoisotopic (exact) mass is 344 g/mol. The first-order chi connectivity index (χ1) is 11.6. The topological polar surface area (TPSA) is 68.3 Å². The molecule has 1 aliphatic rings. The summed E-state index contributed by atoms with van der Waals surface area (Å²) >= 11 is 0. The number of hydrogen-bond acceptors (Lipinski definition) is 5. The van der Waals surface area contributed by atoms with E-state index in [2.05, 4.69) is 13.8 Å². The molecule has 0 bridgehead atoms. The second-order valence-corrected chi connectivity index (χ2v) is 6.08. The quantitative estimate of drug-likeness (QED) is 0.479. The van der Waals surface area contributed by atoms with Crippen molar-refractivity contribution in [2.75, 3.05) is 40.4 Å². The Morgan fingerprint density at radius 1 is 1.04 bits per heavy atom. The van der Waals surface area contributed by atoms with Gasteiger partial charge in [-0.25, -0.2) is 4.79 Å². The Morgan fingerprint density at radius 3 is 2.21 bits per heavy atom. The van der Waals surface area contributed by atoms with Crippen LogP contribution in [0.15, 0.2) is 0 Å². The molecule has 1 aliphatic heterocycles. The average Bonchev–Trinajstić information content (AvgIpc) is 2.81. The van der Waals surface area contributed by atoms with Crippen molar-refractivity contribution in [2.24, 2.45) is 0 Å². The lowest BCUT2D eigenvalue weighted by Gasteiger charge is -2.25. The van der Waals surface area contributed by atoms with E-state index >= 15 is 0 Å². The highest BCUT2D eigenvalue weighted by Crippen LogP contribution is 2.24. The lowest BCUT2D eigenvalue weighted by atomic mass is 10.1. The van der Waals surface area contributed by atoms with E-state index in [4.69, 9.17) is 14.2 Å². The summed E-state index contributed by atoms with van der Waals surface area (Å²) < 4.78 is 16.4. The first kappa shape index (κ1) is 20.9. The molecule has 0 aromatic carbocycles. The van der Waals surface area contributed by atoms with Crippen LogP contribution in [0.3, 0.4) is 0 Å². The summed E-state index contributed by atoms with van der Waals surface area (Å²) in [7, 11) is 1.53. The third-order valence-corrected chi connectivity index (χ3v) is 4.08. The zero-order valence-corrected chi connectivity index (χ0v) is 15.5. The van der Waals surface area contributed by atoms with Gasteiger partial charge in [0.2, 0.25) is 0 Å². The van der Waals surface area contributed by atoms with E-state index in [-0.39, 0.29) is 31.3 Å². The molecule has 2 unspecified atom stereocenters. The van der Waals surface area contributed by atoms with Crippen molar-refractivity contribution in [2.45, 2.75) is 58.5 Å². The van der Waals surface area contributed by atoms with Gasteiger partial charge in [-0.3, -0.25) is 14.6 Å². The molecule has 7 heteroatoms. The van der Waals surface area contributed by atoms with Gasteiger partial charge in [0.1, 0.15) is 19.5 Å². The molecule has 2 amide bonds. The number of amides is 2. The Hall–Kier alpha value is -1.18. The second-order valence-electron chi connectivity index (χ2n) is 6.08. The molecule has 140 valence electrons.